The quantitative estimate of drug-likeness (QED) is 0.851. The molecule has 3 rings (SSSR count). The molecule has 2 heterocycles. The molecule has 0 spiro atoms. The average molecular weight is 350 g/mol. The first-order chi connectivity index (χ1) is 11.5. The highest BCUT2D eigenvalue weighted by atomic mass is 35.5. The van der Waals surface area contributed by atoms with Crippen LogP contribution >= 0.6 is 11.6 Å². The Kier molecular flexibility index (Phi) is 4.45. The number of benzene rings is 1. The highest BCUT2D eigenvalue weighted by molar-refractivity contribution is 6.30. The van der Waals surface area contributed by atoms with Gasteiger partial charge >= 0.3 is 5.97 Å². The van der Waals surface area contributed by atoms with Gasteiger partial charge in [-0.1, -0.05) is 23.7 Å². The molecule has 0 saturated heterocycles. The topological polar surface area (TPSA) is 77.9 Å². The lowest BCUT2D eigenvalue weighted by atomic mass is 9.96. The van der Waals surface area contributed by atoms with Gasteiger partial charge in [-0.05, 0) is 24.6 Å². The van der Waals surface area contributed by atoms with Crippen LogP contribution in [0.1, 0.15) is 45.1 Å². The van der Waals surface area contributed by atoms with Gasteiger partial charge in [-0.25, -0.2) is 9.78 Å². The van der Waals surface area contributed by atoms with E-state index in [1.165, 1.54) is 7.11 Å². The maximum atomic E-state index is 11.7. The third kappa shape index (κ3) is 2.62. The van der Waals surface area contributed by atoms with Gasteiger partial charge in [0.25, 0.3) is 0 Å². The Balaban J connectivity index is 2.18. The van der Waals surface area contributed by atoms with Crippen molar-refractivity contribution in [3.63, 3.8) is 0 Å². The first kappa shape index (κ1) is 16.7. The molecule has 126 valence electrons. The molecule has 0 bridgehead atoms. The second-order valence-electron chi connectivity index (χ2n) is 5.35. The number of carboxylic acid groups (broad SMARTS) is 1. The molecule has 7 heteroatoms. The van der Waals surface area contributed by atoms with Gasteiger partial charge in [0.15, 0.2) is 6.29 Å². The molecule has 2 atom stereocenters. The summed E-state index contributed by atoms with van der Waals surface area (Å²) in [6.07, 6.45) is -1.38. The molecule has 6 nitrogen and oxygen atoms in total. The van der Waals surface area contributed by atoms with Crippen LogP contribution in [0.5, 0.6) is 5.75 Å². The van der Waals surface area contributed by atoms with Crippen LogP contribution < -0.4 is 4.74 Å². The molecule has 0 aliphatic carbocycles. The number of hydrogen-bond acceptors (Lipinski definition) is 5. The van der Waals surface area contributed by atoms with E-state index < -0.39 is 18.4 Å². The zero-order chi connectivity index (χ0) is 17.4. The second-order valence-corrected chi connectivity index (χ2v) is 5.71. The molecule has 2 unspecified atom stereocenters. The van der Waals surface area contributed by atoms with Crippen molar-refractivity contribution >= 4 is 17.6 Å². The third-order valence-electron chi connectivity index (χ3n) is 4.01. The zero-order valence-electron chi connectivity index (χ0n) is 13.4. The molecule has 2 aromatic rings. The molecule has 0 fully saturated rings. The first-order valence-corrected chi connectivity index (χ1v) is 7.61. The maximum absolute atomic E-state index is 11.7. The number of aromatic carboxylic acids is 1. The van der Waals surface area contributed by atoms with E-state index in [-0.39, 0.29) is 10.7 Å². The van der Waals surface area contributed by atoms with Crippen LogP contribution in [0, 0.1) is 6.92 Å². The summed E-state index contributed by atoms with van der Waals surface area (Å²) >= 11 is 6.31. The number of carboxylic acids is 1. The molecule has 1 aliphatic heterocycles. The van der Waals surface area contributed by atoms with E-state index in [0.29, 0.717) is 22.6 Å². The SMILES string of the molecule is COc1ccc(C2OC(OC)c3c(C(=O)O)c(C)nc(Cl)c32)cc1. The number of hydrogen-bond donors (Lipinski definition) is 1. The van der Waals surface area contributed by atoms with Crippen LogP contribution in [0.2, 0.25) is 5.15 Å². The molecular weight excluding hydrogens is 334 g/mol. The molecule has 1 aliphatic rings. The Bertz CT molecular complexity index is 791. The van der Waals surface area contributed by atoms with Crippen LogP contribution in [0.4, 0.5) is 0 Å². The monoisotopic (exact) mass is 349 g/mol. The smallest absolute Gasteiger partial charge is 0.338 e. The fourth-order valence-electron chi connectivity index (χ4n) is 2.93. The highest BCUT2D eigenvalue weighted by Crippen LogP contribution is 2.47. The average Bonchev–Trinajstić information content (AvgIpc) is 2.94. The van der Waals surface area contributed by atoms with Gasteiger partial charge in [-0.15, -0.1) is 0 Å². The van der Waals surface area contributed by atoms with E-state index in [1.807, 2.05) is 12.1 Å². The predicted molar refractivity (Wildman–Crippen MR) is 86.6 cm³/mol. The number of pyridine rings is 1. The molecule has 1 N–H and O–H groups in total. The van der Waals surface area contributed by atoms with E-state index in [9.17, 15) is 9.90 Å². The summed E-state index contributed by atoms with van der Waals surface area (Å²) in [6, 6.07) is 7.27. The van der Waals surface area contributed by atoms with Crippen LogP contribution in [-0.2, 0) is 9.47 Å². The summed E-state index contributed by atoms with van der Waals surface area (Å²) in [4.78, 5) is 15.8. The van der Waals surface area contributed by atoms with Crippen molar-refractivity contribution in [3.05, 3.63) is 57.4 Å². The van der Waals surface area contributed by atoms with E-state index in [2.05, 4.69) is 4.98 Å². The van der Waals surface area contributed by atoms with Crippen molar-refractivity contribution in [1.29, 1.82) is 0 Å². The Hall–Kier alpha value is -2.15. The van der Waals surface area contributed by atoms with Crippen molar-refractivity contribution in [1.82, 2.24) is 4.98 Å². The molecule has 1 aromatic carbocycles. The normalized spacial score (nSPS) is 19.2. The second kappa shape index (κ2) is 6.39. The highest BCUT2D eigenvalue weighted by Gasteiger charge is 2.40. The van der Waals surface area contributed by atoms with Crippen LogP contribution in [0.25, 0.3) is 0 Å². The summed E-state index contributed by atoms with van der Waals surface area (Å²) in [5.41, 5.74) is 2.14. The van der Waals surface area contributed by atoms with Crippen LogP contribution in [0.3, 0.4) is 0 Å². The lowest BCUT2D eigenvalue weighted by Gasteiger charge is -2.14. The minimum Gasteiger partial charge on any atom is -0.497 e. The number of nitrogens with zero attached hydrogens (tertiary/aromatic N) is 1. The van der Waals surface area contributed by atoms with Gasteiger partial charge in [0.05, 0.1) is 18.4 Å². The van der Waals surface area contributed by atoms with Gasteiger partial charge in [0.2, 0.25) is 0 Å². The van der Waals surface area contributed by atoms with Gasteiger partial charge < -0.3 is 19.3 Å². The van der Waals surface area contributed by atoms with E-state index in [1.54, 1.807) is 26.2 Å². The van der Waals surface area contributed by atoms with Gasteiger partial charge in [0.1, 0.15) is 17.0 Å². The lowest BCUT2D eigenvalue weighted by molar-refractivity contribution is -0.132. The summed E-state index contributed by atoms with van der Waals surface area (Å²) in [7, 11) is 3.04. The molecule has 0 saturated carbocycles. The number of aryl methyl sites for hydroxylation is 1. The number of rotatable bonds is 4. The summed E-state index contributed by atoms with van der Waals surface area (Å²) < 4.78 is 16.4. The number of carbonyl (C=O) groups is 1. The van der Waals surface area contributed by atoms with Crippen LogP contribution in [-0.4, -0.2) is 30.3 Å². The number of halogens is 1. The molecular formula is C17H16ClNO5. The predicted octanol–water partition coefficient (Wildman–Crippen LogP) is 3.51. The van der Waals surface area contributed by atoms with Crippen molar-refractivity contribution in [2.45, 2.75) is 19.3 Å². The largest absolute Gasteiger partial charge is 0.497 e. The molecule has 0 amide bonds. The number of methoxy groups -OCH3 is 2. The standard InChI is InChI=1S/C17H16ClNO5/c1-8-11(16(20)21)12-13(15(18)19-8)14(24-17(12)23-3)9-4-6-10(22-2)7-5-9/h4-7,14,17H,1-3H3,(H,20,21). The number of aromatic nitrogens is 1. The third-order valence-corrected chi connectivity index (χ3v) is 4.30. The fourth-order valence-corrected chi connectivity index (χ4v) is 3.25. The minimum absolute atomic E-state index is 0.0669. The Morgan fingerprint density at radius 3 is 2.46 bits per heavy atom. The van der Waals surface area contributed by atoms with Crippen molar-refractivity contribution in [3.8, 4) is 5.75 Å². The first-order valence-electron chi connectivity index (χ1n) is 7.23. The molecule has 0 radical (unpaired) electrons. The minimum atomic E-state index is -1.09. The van der Waals surface area contributed by atoms with E-state index in [0.717, 1.165) is 5.56 Å². The molecule has 1 aromatic heterocycles. The maximum Gasteiger partial charge on any atom is 0.338 e. The van der Waals surface area contributed by atoms with Crippen molar-refractivity contribution < 1.29 is 24.1 Å². The van der Waals surface area contributed by atoms with Gasteiger partial charge in [0, 0.05) is 18.2 Å². The van der Waals surface area contributed by atoms with Gasteiger partial charge in [-0.2, -0.15) is 0 Å². The Morgan fingerprint density at radius 1 is 1.25 bits per heavy atom. The summed E-state index contributed by atoms with van der Waals surface area (Å²) in [5, 5.41) is 9.76. The zero-order valence-corrected chi connectivity index (χ0v) is 14.1. The number of ether oxygens (including phenoxy) is 3. The Morgan fingerprint density at radius 2 is 1.92 bits per heavy atom. The van der Waals surface area contributed by atoms with Crippen molar-refractivity contribution in [2.75, 3.05) is 14.2 Å². The lowest BCUT2D eigenvalue weighted by Crippen LogP contribution is -2.11. The summed E-state index contributed by atoms with van der Waals surface area (Å²) in [5.74, 6) is -0.381. The van der Waals surface area contributed by atoms with Gasteiger partial charge in [-0.3, -0.25) is 0 Å². The van der Waals surface area contributed by atoms with Crippen LogP contribution in [0.15, 0.2) is 24.3 Å². The van der Waals surface area contributed by atoms with E-state index >= 15 is 0 Å². The van der Waals surface area contributed by atoms with Crippen molar-refractivity contribution in [2.24, 2.45) is 0 Å². The fraction of sp³-hybridized carbons (Fsp3) is 0.294. The van der Waals surface area contributed by atoms with E-state index in [4.69, 9.17) is 25.8 Å². The summed E-state index contributed by atoms with van der Waals surface area (Å²) in [6.45, 7) is 1.60. The Labute approximate surface area is 143 Å². The number of fused-ring (bicyclic) bond motifs is 1. The molecule has 24 heavy (non-hydrogen) atoms.